The third kappa shape index (κ3) is 23.3. The quantitative estimate of drug-likeness (QED) is 0.364. The Labute approximate surface area is 155 Å². The molecule has 0 aromatic rings. The molecule has 0 spiro atoms. The monoisotopic (exact) mass is 331 g/mol. The summed E-state index contributed by atoms with van der Waals surface area (Å²) in [7, 11) is -3.74. The van der Waals surface area contributed by atoms with Crippen LogP contribution in [0.15, 0.2) is 0 Å². The van der Waals surface area contributed by atoms with Crippen molar-refractivity contribution < 1.29 is 43.6 Å². The topological polar surface area (TPSA) is 69.4 Å². The maximum absolute atomic E-state index is 10.5. The van der Waals surface area contributed by atoms with E-state index in [1.165, 1.54) is 64.2 Å². The number of hydrogen-bond acceptors (Lipinski definition) is 3. The van der Waals surface area contributed by atoms with Crippen LogP contribution in [0.2, 0.25) is 0 Å². The normalized spacial score (nSPS) is 11.3. The standard InChI is InChI=1S/C15H33NO3S.Na.H/c1-2-3-4-5-6-7-8-9-10-11-12-13-14-15-19-20(16,17)18;;/h2-15H2,1H3,(H2,16,17,18);;/q;+1;-1. The van der Waals surface area contributed by atoms with Crippen LogP contribution in [-0.2, 0) is 14.5 Å². The largest absolute Gasteiger partial charge is 1.00 e. The molecule has 0 saturated carbocycles. The fourth-order valence-electron chi connectivity index (χ4n) is 2.29. The van der Waals surface area contributed by atoms with E-state index in [0.29, 0.717) is 0 Å². The van der Waals surface area contributed by atoms with Crippen molar-refractivity contribution in [1.29, 1.82) is 0 Å². The van der Waals surface area contributed by atoms with Gasteiger partial charge in [-0.2, -0.15) is 8.42 Å². The van der Waals surface area contributed by atoms with E-state index < -0.39 is 10.3 Å². The molecule has 0 aromatic carbocycles. The Morgan fingerprint density at radius 1 is 0.762 bits per heavy atom. The van der Waals surface area contributed by atoms with Crippen molar-refractivity contribution in [2.75, 3.05) is 6.61 Å². The smallest absolute Gasteiger partial charge is 1.00 e. The number of unbranched alkanes of at least 4 members (excludes halogenated alkanes) is 12. The van der Waals surface area contributed by atoms with E-state index in [-0.39, 0.29) is 37.6 Å². The number of nitrogens with two attached hydrogens (primary N) is 1. The maximum Gasteiger partial charge on any atom is 1.00 e. The Hall–Kier alpha value is 0.870. The molecule has 0 aromatic heterocycles. The number of rotatable bonds is 15. The van der Waals surface area contributed by atoms with Crippen molar-refractivity contribution in [2.45, 2.75) is 90.4 Å². The van der Waals surface area contributed by atoms with Gasteiger partial charge in [0.05, 0.1) is 6.61 Å². The fraction of sp³-hybridized carbons (Fsp3) is 1.00. The molecule has 0 unspecified atom stereocenters. The van der Waals surface area contributed by atoms with Gasteiger partial charge in [-0.15, -0.1) is 0 Å². The van der Waals surface area contributed by atoms with E-state index >= 15 is 0 Å². The first-order valence-corrected chi connectivity index (χ1v) is 9.70. The van der Waals surface area contributed by atoms with Gasteiger partial charge in [-0.1, -0.05) is 84.0 Å². The summed E-state index contributed by atoms with van der Waals surface area (Å²) in [6.45, 7) is 2.47. The summed E-state index contributed by atoms with van der Waals surface area (Å²) in [5.74, 6) is 0. The van der Waals surface area contributed by atoms with Gasteiger partial charge in [0.15, 0.2) is 0 Å². The molecule has 2 N–H and O–H groups in total. The molecule has 0 bridgehead atoms. The zero-order valence-electron chi connectivity index (χ0n) is 15.1. The Balaban J connectivity index is -0.00000180. The summed E-state index contributed by atoms with van der Waals surface area (Å²) >= 11 is 0. The molecule has 0 saturated heterocycles. The van der Waals surface area contributed by atoms with Crippen LogP contribution in [0, 0.1) is 0 Å². The van der Waals surface area contributed by atoms with Crippen LogP contribution in [0.3, 0.4) is 0 Å². The van der Waals surface area contributed by atoms with Gasteiger partial charge in [0.1, 0.15) is 0 Å². The summed E-state index contributed by atoms with van der Waals surface area (Å²) in [6, 6.07) is 0. The molecule has 0 aliphatic rings. The van der Waals surface area contributed by atoms with Crippen molar-refractivity contribution in [1.82, 2.24) is 0 Å². The van der Waals surface area contributed by atoms with E-state index in [4.69, 9.17) is 5.14 Å². The SMILES string of the molecule is CCCCCCCCCCCCCCCOS(N)(=O)=O.[H-].[Na+]. The van der Waals surface area contributed by atoms with Gasteiger partial charge in [-0.3, -0.25) is 4.18 Å². The molecule has 0 radical (unpaired) electrons. The molecule has 0 aliphatic heterocycles. The van der Waals surface area contributed by atoms with Crippen LogP contribution in [-0.4, -0.2) is 15.0 Å². The zero-order chi connectivity index (χ0) is 15.1. The van der Waals surface area contributed by atoms with Crippen LogP contribution >= 0.6 is 0 Å². The predicted molar refractivity (Wildman–Crippen MR) is 85.9 cm³/mol. The predicted octanol–water partition coefficient (Wildman–Crippen LogP) is 1.41. The van der Waals surface area contributed by atoms with Crippen LogP contribution in [0.4, 0.5) is 0 Å². The minimum absolute atomic E-state index is 0. The molecule has 0 heterocycles. The Morgan fingerprint density at radius 3 is 1.43 bits per heavy atom. The van der Waals surface area contributed by atoms with Crippen LogP contribution in [0.1, 0.15) is 91.8 Å². The molecule has 0 rings (SSSR count). The van der Waals surface area contributed by atoms with Crippen LogP contribution in [0.25, 0.3) is 0 Å². The second-order valence-electron chi connectivity index (χ2n) is 5.56. The first-order chi connectivity index (χ1) is 9.56. The Morgan fingerprint density at radius 2 is 1.10 bits per heavy atom. The van der Waals surface area contributed by atoms with E-state index in [1.807, 2.05) is 0 Å². The summed E-state index contributed by atoms with van der Waals surface area (Å²) < 4.78 is 25.5. The van der Waals surface area contributed by atoms with Crippen molar-refractivity contribution >= 4 is 10.3 Å². The van der Waals surface area contributed by atoms with Crippen molar-refractivity contribution in [3.05, 3.63) is 0 Å². The van der Waals surface area contributed by atoms with Crippen molar-refractivity contribution in [3.63, 3.8) is 0 Å². The van der Waals surface area contributed by atoms with Crippen LogP contribution < -0.4 is 34.7 Å². The second kappa shape index (κ2) is 17.2. The average Bonchev–Trinajstić information content (AvgIpc) is 2.38. The molecule has 0 fully saturated rings. The minimum atomic E-state index is -3.74. The van der Waals surface area contributed by atoms with E-state index in [9.17, 15) is 8.42 Å². The van der Waals surface area contributed by atoms with Gasteiger partial charge in [0, 0.05) is 0 Å². The van der Waals surface area contributed by atoms with Gasteiger partial charge in [0.2, 0.25) is 0 Å². The molecular formula is C15H34NNaO3S. The van der Waals surface area contributed by atoms with Crippen molar-refractivity contribution in [2.24, 2.45) is 5.14 Å². The van der Waals surface area contributed by atoms with Gasteiger partial charge in [-0.25, -0.2) is 5.14 Å². The van der Waals surface area contributed by atoms with Crippen LogP contribution in [0.5, 0.6) is 0 Å². The molecule has 4 nitrogen and oxygen atoms in total. The zero-order valence-corrected chi connectivity index (χ0v) is 16.9. The molecule has 124 valence electrons. The fourth-order valence-corrected chi connectivity index (χ4v) is 2.65. The first kappa shape index (κ1) is 24.1. The molecule has 0 amide bonds. The molecule has 21 heavy (non-hydrogen) atoms. The summed E-state index contributed by atoms with van der Waals surface area (Å²) in [5, 5.41) is 4.73. The Kier molecular flexibility index (Phi) is 19.8. The maximum atomic E-state index is 10.5. The second-order valence-corrected chi connectivity index (χ2v) is 6.78. The minimum Gasteiger partial charge on any atom is -1.00 e. The average molecular weight is 331 g/mol. The van der Waals surface area contributed by atoms with Crippen molar-refractivity contribution in [3.8, 4) is 0 Å². The van der Waals surface area contributed by atoms with E-state index in [1.54, 1.807) is 0 Å². The van der Waals surface area contributed by atoms with E-state index in [0.717, 1.165) is 19.3 Å². The van der Waals surface area contributed by atoms with E-state index in [2.05, 4.69) is 11.1 Å². The number of hydrogen-bond donors (Lipinski definition) is 1. The summed E-state index contributed by atoms with van der Waals surface area (Å²) in [5.41, 5.74) is 0. The van der Waals surface area contributed by atoms with Gasteiger partial charge < -0.3 is 1.43 Å². The Bertz CT molecular complexity index is 303. The third-order valence-electron chi connectivity index (χ3n) is 3.50. The first-order valence-electron chi connectivity index (χ1n) is 8.23. The molecule has 0 aliphatic carbocycles. The third-order valence-corrected chi connectivity index (χ3v) is 3.99. The van der Waals surface area contributed by atoms with Gasteiger partial charge in [-0.05, 0) is 6.42 Å². The molecular weight excluding hydrogens is 297 g/mol. The van der Waals surface area contributed by atoms with Gasteiger partial charge in [0.25, 0.3) is 0 Å². The molecule has 6 heteroatoms. The summed E-state index contributed by atoms with van der Waals surface area (Å²) in [6.07, 6.45) is 16.5. The van der Waals surface area contributed by atoms with Gasteiger partial charge >= 0.3 is 39.9 Å². The summed E-state index contributed by atoms with van der Waals surface area (Å²) in [4.78, 5) is 0. The molecule has 0 atom stereocenters.